The Kier molecular flexibility index (Phi) is 2.57. The minimum atomic E-state index is 0.956. The SMILES string of the molecule is CN1CCc2[nH]nc(Nc3ccccc3)c2C1. The first-order chi connectivity index (χ1) is 8.33. The van der Waals surface area contributed by atoms with Crippen molar-refractivity contribution in [1.29, 1.82) is 0 Å². The summed E-state index contributed by atoms with van der Waals surface area (Å²) in [4.78, 5) is 2.31. The van der Waals surface area contributed by atoms with Gasteiger partial charge in [-0.05, 0) is 19.2 Å². The van der Waals surface area contributed by atoms with Crippen LogP contribution in [0.2, 0.25) is 0 Å². The zero-order valence-electron chi connectivity index (χ0n) is 9.90. The van der Waals surface area contributed by atoms with E-state index in [1.807, 2.05) is 30.3 Å². The van der Waals surface area contributed by atoms with Gasteiger partial charge in [-0.1, -0.05) is 18.2 Å². The number of aromatic amines is 1. The second kappa shape index (κ2) is 4.22. The van der Waals surface area contributed by atoms with Crippen molar-refractivity contribution < 1.29 is 0 Å². The van der Waals surface area contributed by atoms with E-state index < -0.39 is 0 Å². The van der Waals surface area contributed by atoms with Gasteiger partial charge in [0.25, 0.3) is 0 Å². The highest BCUT2D eigenvalue weighted by atomic mass is 15.2. The lowest BCUT2D eigenvalue weighted by molar-refractivity contribution is 0.312. The van der Waals surface area contributed by atoms with Gasteiger partial charge < -0.3 is 10.2 Å². The zero-order valence-corrected chi connectivity index (χ0v) is 9.90. The fourth-order valence-electron chi connectivity index (χ4n) is 2.19. The van der Waals surface area contributed by atoms with E-state index in [2.05, 4.69) is 27.5 Å². The van der Waals surface area contributed by atoms with Crippen molar-refractivity contribution in [3.8, 4) is 0 Å². The Bertz CT molecular complexity index is 503. The smallest absolute Gasteiger partial charge is 0.156 e. The average Bonchev–Trinajstić information content (AvgIpc) is 2.73. The Morgan fingerprint density at radius 2 is 2.12 bits per heavy atom. The van der Waals surface area contributed by atoms with Gasteiger partial charge in [-0.25, -0.2) is 0 Å². The molecule has 0 bridgehead atoms. The van der Waals surface area contributed by atoms with Crippen LogP contribution in [0.15, 0.2) is 30.3 Å². The van der Waals surface area contributed by atoms with Gasteiger partial charge in [0.05, 0.1) is 0 Å². The van der Waals surface area contributed by atoms with Gasteiger partial charge in [-0.3, -0.25) is 5.10 Å². The van der Waals surface area contributed by atoms with Crippen molar-refractivity contribution in [3.63, 3.8) is 0 Å². The highest BCUT2D eigenvalue weighted by Crippen LogP contribution is 2.25. The number of likely N-dealkylation sites (N-methyl/N-ethyl adjacent to an activating group) is 1. The van der Waals surface area contributed by atoms with Crippen molar-refractivity contribution in [2.45, 2.75) is 13.0 Å². The van der Waals surface area contributed by atoms with E-state index in [1.54, 1.807) is 0 Å². The third-order valence-corrected chi connectivity index (χ3v) is 3.16. The molecule has 1 aliphatic rings. The number of fused-ring (bicyclic) bond motifs is 1. The number of aromatic nitrogens is 2. The van der Waals surface area contributed by atoms with E-state index in [0.717, 1.165) is 31.0 Å². The molecule has 1 aromatic carbocycles. The predicted molar refractivity (Wildman–Crippen MR) is 68.4 cm³/mol. The molecule has 0 radical (unpaired) electrons. The third kappa shape index (κ3) is 2.03. The molecule has 4 nitrogen and oxygen atoms in total. The minimum Gasteiger partial charge on any atom is -0.338 e. The molecule has 2 aromatic rings. The number of anilines is 2. The van der Waals surface area contributed by atoms with E-state index in [0.29, 0.717) is 0 Å². The number of nitrogens with one attached hydrogen (secondary N) is 2. The molecule has 3 rings (SSSR count). The summed E-state index contributed by atoms with van der Waals surface area (Å²) in [5.74, 6) is 0.956. The molecule has 1 aromatic heterocycles. The summed E-state index contributed by atoms with van der Waals surface area (Å²) >= 11 is 0. The molecule has 0 aliphatic carbocycles. The van der Waals surface area contributed by atoms with Crippen molar-refractivity contribution in [2.75, 3.05) is 18.9 Å². The van der Waals surface area contributed by atoms with Gasteiger partial charge in [-0.2, -0.15) is 5.10 Å². The Morgan fingerprint density at radius 1 is 1.29 bits per heavy atom. The van der Waals surface area contributed by atoms with Gasteiger partial charge in [0.2, 0.25) is 0 Å². The van der Waals surface area contributed by atoms with Gasteiger partial charge in [0.15, 0.2) is 5.82 Å². The van der Waals surface area contributed by atoms with Crippen LogP contribution in [0.1, 0.15) is 11.3 Å². The average molecular weight is 228 g/mol. The normalized spacial score (nSPS) is 15.6. The first kappa shape index (κ1) is 10.4. The first-order valence-electron chi connectivity index (χ1n) is 5.89. The van der Waals surface area contributed by atoms with Crippen LogP contribution in [0, 0.1) is 0 Å². The van der Waals surface area contributed by atoms with Crippen LogP contribution < -0.4 is 5.32 Å². The summed E-state index contributed by atoms with van der Waals surface area (Å²) in [5.41, 5.74) is 3.64. The second-order valence-electron chi connectivity index (χ2n) is 4.51. The van der Waals surface area contributed by atoms with Crippen LogP contribution >= 0.6 is 0 Å². The molecule has 2 N–H and O–H groups in total. The molecule has 2 heterocycles. The quantitative estimate of drug-likeness (QED) is 0.827. The summed E-state index contributed by atoms with van der Waals surface area (Å²) in [6, 6.07) is 10.2. The number of benzene rings is 1. The number of H-pyrrole nitrogens is 1. The second-order valence-corrected chi connectivity index (χ2v) is 4.51. The maximum atomic E-state index is 4.36. The molecule has 0 atom stereocenters. The van der Waals surface area contributed by atoms with Crippen molar-refractivity contribution >= 4 is 11.5 Å². The predicted octanol–water partition coefficient (Wildman–Crippen LogP) is 2.14. The van der Waals surface area contributed by atoms with Crippen molar-refractivity contribution in [2.24, 2.45) is 0 Å². The van der Waals surface area contributed by atoms with Crippen LogP contribution in [-0.4, -0.2) is 28.7 Å². The highest BCUT2D eigenvalue weighted by Gasteiger charge is 2.19. The minimum absolute atomic E-state index is 0.956. The lowest BCUT2D eigenvalue weighted by Gasteiger charge is -2.22. The Labute approximate surface area is 101 Å². The van der Waals surface area contributed by atoms with Crippen LogP contribution in [-0.2, 0) is 13.0 Å². The fraction of sp³-hybridized carbons (Fsp3) is 0.308. The molecule has 0 saturated heterocycles. The topological polar surface area (TPSA) is 44.0 Å². The van der Waals surface area contributed by atoms with E-state index in [1.165, 1.54) is 11.3 Å². The fourth-order valence-corrected chi connectivity index (χ4v) is 2.19. The molecule has 0 spiro atoms. The summed E-state index contributed by atoms with van der Waals surface area (Å²) in [5, 5.41) is 10.9. The van der Waals surface area contributed by atoms with E-state index in [9.17, 15) is 0 Å². The zero-order chi connectivity index (χ0) is 11.7. The molecular weight excluding hydrogens is 212 g/mol. The van der Waals surface area contributed by atoms with E-state index in [-0.39, 0.29) is 0 Å². The maximum Gasteiger partial charge on any atom is 0.156 e. The number of hydrogen-bond donors (Lipinski definition) is 2. The van der Waals surface area contributed by atoms with Crippen LogP contribution in [0.4, 0.5) is 11.5 Å². The van der Waals surface area contributed by atoms with Crippen LogP contribution in [0.25, 0.3) is 0 Å². The van der Waals surface area contributed by atoms with E-state index >= 15 is 0 Å². The lowest BCUT2D eigenvalue weighted by Crippen LogP contribution is -2.26. The standard InChI is InChI=1S/C13H16N4/c1-17-8-7-12-11(9-17)13(16-15-12)14-10-5-3-2-4-6-10/h2-6H,7-9H2,1H3,(H2,14,15,16). The molecule has 0 fully saturated rings. The van der Waals surface area contributed by atoms with Crippen molar-refractivity contribution in [3.05, 3.63) is 41.6 Å². The first-order valence-corrected chi connectivity index (χ1v) is 5.89. The molecule has 0 saturated carbocycles. The number of hydrogen-bond acceptors (Lipinski definition) is 3. The number of rotatable bonds is 2. The number of para-hydroxylation sites is 1. The third-order valence-electron chi connectivity index (χ3n) is 3.16. The Morgan fingerprint density at radius 3 is 2.94 bits per heavy atom. The van der Waals surface area contributed by atoms with Gasteiger partial charge in [0, 0.05) is 36.5 Å². The van der Waals surface area contributed by atoms with Crippen LogP contribution in [0.3, 0.4) is 0 Å². The number of nitrogens with zero attached hydrogens (tertiary/aromatic N) is 2. The van der Waals surface area contributed by atoms with Crippen LogP contribution in [0.5, 0.6) is 0 Å². The van der Waals surface area contributed by atoms with E-state index in [4.69, 9.17) is 0 Å². The molecule has 88 valence electrons. The molecule has 17 heavy (non-hydrogen) atoms. The lowest BCUT2D eigenvalue weighted by atomic mass is 10.1. The van der Waals surface area contributed by atoms with Crippen molar-refractivity contribution in [1.82, 2.24) is 15.1 Å². The molecule has 1 aliphatic heterocycles. The monoisotopic (exact) mass is 228 g/mol. The van der Waals surface area contributed by atoms with Gasteiger partial charge >= 0.3 is 0 Å². The van der Waals surface area contributed by atoms with Gasteiger partial charge in [0.1, 0.15) is 0 Å². The summed E-state index contributed by atoms with van der Waals surface area (Å²) < 4.78 is 0. The molecular formula is C13H16N4. The summed E-state index contributed by atoms with van der Waals surface area (Å²) in [7, 11) is 2.14. The summed E-state index contributed by atoms with van der Waals surface area (Å²) in [6.07, 6.45) is 1.05. The van der Waals surface area contributed by atoms with Gasteiger partial charge in [-0.15, -0.1) is 0 Å². The Balaban J connectivity index is 1.87. The molecule has 0 unspecified atom stereocenters. The molecule has 4 heteroatoms. The maximum absolute atomic E-state index is 4.36. The molecule has 0 amide bonds. The summed E-state index contributed by atoms with van der Waals surface area (Å²) in [6.45, 7) is 2.06. The highest BCUT2D eigenvalue weighted by molar-refractivity contribution is 5.60. The Hall–Kier alpha value is -1.81. The largest absolute Gasteiger partial charge is 0.338 e.